The summed E-state index contributed by atoms with van der Waals surface area (Å²) in [6, 6.07) is 13.4. The minimum Gasteiger partial charge on any atom is -0.508 e. The Balaban J connectivity index is 2.21. The third-order valence-electron chi connectivity index (χ3n) is 5.10. The minimum absolute atomic E-state index is 0.0970. The van der Waals surface area contributed by atoms with Crippen LogP contribution in [0.3, 0.4) is 0 Å². The molecule has 126 valence electrons. The van der Waals surface area contributed by atoms with Gasteiger partial charge in [-0.3, -0.25) is 0 Å². The van der Waals surface area contributed by atoms with Crippen molar-refractivity contribution in [2.75, 3.05) is 0 Å². The zero-order valence-corrected chi connectivity index (χ0v) is 14.7. The van der Waals surface area contributed by atoms with Crippen LogP contribution in [0.15, 0.2) is 48.5 Å². The third-order valence-corrected chi connectivity index (χ3v) is 5.10. The van der Waals surface area contributed by atoms with Gasteiger partial charge in [-0.05, 0) is 71.7 Å². The topological polar surface area (TPSA) is 40.5 Å². The second kappa shape index (κ2) is 6.35. The maximum absolute atomic E-state index is 9.88. The average molecular weight is 322 g/mol. The van der Waals surface area contributed by atoms with Crippen LogP contribution in [0, 0.1) is 5.92 Å². The van der Waals surface area contributed by atoms with Gasteiger partial charge in [0.25, 0.3) is 0 Å². The van der Waals surface area contributed by atoms with Crippen LogP contribution >= 0.6 is 0 Å². The molecule has 0 heterocycles. The molecule has 1 atom stereocenters. The summed E-state index contributed by atoms with van der Waals surface area (Å²) in [7, 11) is 0. The maximum Gasteiger partial charge on any atom is 0.115 e. The van der Waals surface area contributed by atoms with Crippen LogP contribution in [0.2, 0.25) is 0 Å². The molecular formula is C22H26O2. The summed E-state index contributed by atoms with van der Waals surface area (Å²) in [5.41, 5.74) is 4.93. The number of hydrogen-bond donors (Lipinski definition) is 2. The molecule has 0 spiro atoms. The SMILES string of the molecule is CC(C)C=C1c2ccc(O)cc2CCCC1(C)c1ccc(O)cc1. The van der Waals surface area contributed by atoms with Crippen LogP contribution in [-0.4, -0.2) is 10.2 Å². The van der Waals surface area contributed by atoms with Gasteiger partial charge in [-0.25, -0.2) is 0 Å². The fourth-order valence-electron chi connectivity index (χ4n) is 3.85. The van der Waals surface area contributed by atoms with E-state index in [9.17, 15) is 10.2 Å². The van der Waals surface area contributed by atoms with Gasteiger partial charge < -0.3 is 10.2 Å². The average Bonchev–Trinajstić information content (AvgIpc) is 2.65. The quantitative estimate of drug-likeness (QED) is 0.724. The van der Waals surface area contributed by atoms with Crippen molar-refractivity contribution in [3.05, 3.63) is 65.2 Å². The largest absolute Gasteiger partial charge is 0.508 e. The molecule has 0 saturated heterocycles. The molecule has 0 fully saturated rings. The summed E-state index contributed by atoms with van der Waals surface area (Å²) in [5.74, 6) is 1.08. The molecule has 0 saturated carbocycles. The Bertz CT molecular complexity index is 756. The molecule has 2 heteroatoms. The molecule has 0 aliphatic heterocycles. The van der Waals surface area contributed by atoms with E-state index in [4.69, 9.17) is 0 Å². The zero-order chi connectivity index (χ0) is 17.3. The van der Waals surface area contributed by atoms with Crippen molar-refractivity contribution in [3.8, 4) is 11.5 Å². The van der Waals surface area contributed by atoms with Crippen molar-refractivity contribution >= 4 is 5.57 Å². The van der Waals surface area contributed by atoms with E-state index in [1.807, 2.05) is 18.2 Å². The van der Waals surface area contributed by atoms with Crippen molar-refractivity contribution in [1.29, 1.82) is 0 Å². The summed E-state index contributed by atoms with van der Waals surface area (Å²) in [4.78, 5) is 0. The second-order valence-electron chi connectivity index (χ2n) is 7.40. The molecule has 1 aliphatic carbocycles. The predicted molar refractivity (Wildman–Crippen MR) is 99.3 cm³/mol. The molecule has 0 radical (unpaired) electrons. The van der Waals surface area contributed by atoms with Gasteiger partial charge in [0.1, 0.15) is 11.5 Å². The van der Waals surface area contributed by atoms with Gasteiger partial charge in [0.05, 0.1) is 0 Å². The lowest BCUT2D eigenvalue weighted by atomic mass is 9.70. The molecule has 3 rings (SSSR count). The van der Waals surface area contributed by atoms with Crippen LogP contribution in [0.1, 0.15) is 50.3 Å². The van der Waals surface area contributed by atoms with E-state index in [-0.39, 0.29) is 5.41 Å². The highest BCUT2D eigenvalue weighted by atomic mass is 16.3. The van der Waals surface area contributed by atoms with Crippen LogP contribution in [0.25, 0.3) is 5.57 Å². The number of hydrogen-bond acceptors (Lipinski definition) is 2. The summed E-state index contributed by atoms with van der Waals surface area (Å²) in [6.07, 6.45) is 5.45. The van der Waals surface area contributed by atoms with Crippen molar-refractivity contribution in [1.82, 2.24) is 0 Å². The van der Waals surface area contributed by atoms with E-state index in [2.05, 4.69) is 32.9 Å². The molecule has 1 unspecified atom stereocenters. The molecule has 2 nitrogen and oxygen atoms in total. The Morgan fingerprint density at radius 1 is 1.00 bits per heavy atom. The maximum atomic E-state index is 9.88. The minimum atomic E-state index is -0.0970. The van der Waals surface area contributed by atoms with Gasteiger partial charge in [0, 0.05) is 5.41 Å². The van der Waals surface area contributed by atoms with E-state index in [0.29, 0.717) is 17.4 Å². The lowest BCUT2D eigenvalue weighted by Gasteiger charge is -2.33. The highest BCUT2D eigenvalue weighted by Crippen LogP contribution is 2.47. The molecule has 24 heavy (non-hydrogen) atoms. The first-order valence-electron chi connectivity index (χ1n) is 8.74. The first-order valence-corrected chi connectivity index (χ1v) is 8.74. The molecule has 0 bridgehead atoms. The number of rotatable bonds is 2. The molecule has 2 aromatic rings. The second-order valence-corrected chi connectivity index (χ2v) is 7.40. The number of fused-ring (bicyclic) bond motifs is 1. The molecule has 1 aliphatic rings. The molecular weight excluding hydrogens is 296 g/mol. The fourth-order valence-corrected chi connectivity index (χ4v) is 3.85. The van der Waals surface area contributed by atoms with Gasteiger partial charge in [0.15, 0.2) is 0 Å². The van der Waals surface area contributed by atoms with Crippen LogP contribution < -0.4 is 0 Å². The van der Waals surface area contributed by atoms with E-state index >= 15 is 0 Å². The molecule has 2 N–H and O–H groups in total. The monoisotopic (exact) mass is 322 g/mol. The van der Waals surface area contributed by atoms with Crippen molar-refractivity contribution in [2.45, 2.75) is 45.4 Å². The first-order chi connectivity index (χ1) is 11.4. The van der Waals surface area contributed by atoms with E-state index in [1.54, 1.807) is 18.2 Å². The van der Waals surface area contributed by atoms with Gasteiger partial charge in [0.2, 0.25) is 0 Å². The number of phenolic OH excluding ortho intramolecular Hbond substituents is 2. The molecule has 2 aromatic carbocycles. The highest BCUT2D eigenvalue weighted by Gasteiger charge is 2.34. The summed E-state index contributed by atoms with van der Waals surface area (Å²) in [6.45, 7) is 6.71. The number of aryl methyl sites for hydroxylation is 1. The van der Waals surface area contributed by atoms with Gasteiger partial charge in [-0.15, -0.1) is 0 Å². The molecule has 0 aromatic heterocycles. The fraction of sp³-hybridized carbons (Fsp3) is 0.364. The Hall–Kier alpha value is -2.22. The lowest BCUT2D eigenvalue weighted by molar-refractivity contribution is 0.473. The van der Waals surface area contributed by atoms with Gasteiger partial charge in [-0.2, -0.15) is 0 Å². The van der Waals surface area contributed by atoms with Gasteiger partial charge in [-0.1, -0.05) is 45.0 Å². The van der Waals surface area contributed by atoms with Crippen molar-refractivity contribution in [3.63, 3.8) is 0 Å². The van der Waals surface area contributed by atoms with Crippen LogP contribution in [-0.2, 0) is 11.8 Å². The predicted octanol–water partition coefficient (Wildman–Crippen LogP) is 5.43. The summed E-state index contributed by atoms with van der Waals surface area (Å²) in [5, 5.41) is 19.5. The van der Waals surface area contributed by atoms with Crippen LogP contribution in [0.5, 0.6) is 11.5 Å². The number of allylic oxidation sites excluding steroid dienone is 2. The number of benzene rings is 2. The van der Waals surface area contributed by atoms with E-state index in [1.165, 1.54) is 22.3 Å². The molecule has 0 amide bonds. The summed E-state index contributed by atoms with van der Waals surface area (Å²) < 4.78 is 0. The normalized spacial score (nSPS) is 22.4. The summed E-state index contributed by atoms with van der Waals surface area (Å²) >= 11 is 0. The first kappa shape index (κ1) is 16.6. The van der Waals surface area contributed by atoms with Gasteiger partial charge >= 0.3 is 0 Å². The highest BCUT2D eigenvalue weighted by molar-refractivity contribution is 5.78. The van der Waals surface area contributed by atoms with Crippen molar-refractivity contribution in [2.24, 2.45) is 5.92 Å². The Morgan fingerprint density at radius 2 is 1.67 bits per heavy atom. The van der Waals surface area contributed by atoms with E-state index < -0.39 is 0 Å². The zero-order valence-electron chi connectivity index (χ0n) is 14.7. The number of phenols is 2. The smallest absolute Gasteiger partial charge is 0.115 e. The lowest BCUT2D eigenvalue weighted by Crippen LogP contribution is -2.23. The standard InChI is InChI=1S/C22H26O2/c1-15(2)13-21-20-11-10-19(24)14-16(20)5-4-12-22(21,3)17-6-8-18(23)9-7-17/h6-11,13-15,23-24H,4-5,12H2,1-3H3. The third kappa shape index (κ3) is 3.06. The Labute approximate surface area is 144 Å². The van der Waals surface area contributed by atoms with E-state index in [0.717, 1.165) is 19.3 Å². The number of aromatic hydroxyl groups is 2. The Kier molecular flexibility index (Phi) is 4.40. The van der Waals surface area contributed by atoms with Crippen molar-refractivity contribution < 1.29 is 10.2 Å². The van der Waals surface area contributed by atoms with Crippen LogP contribution in [0.4, 0.5) is 0 Å². The Morgan fingerprint density at radius 3 is 2.33 bits per heavy atom.